The molecule has 1 aliphatic heterocycles. The molecule has 0 aromatic rings. The Morgan fingerprint density at radius 2 is 1.50 bits per heavy atom. The minimum absolute atomic E-state index is 0.0244. The zero-order valence-corrected chi connectivity index (χ0v) is 8.47. The largest absolute Gasteiger partial charge is 0.393 e. The summed E-state index contributed by atoms with van der Waals surface area (Å²) in [4.78, 5) is 0. The van der Waals surface area contributed by atoms with Crippen LogP contribution in [-0.4, -0.2) is 28.7 Å². The van der Waals surface area contributed by atoms with Crippen molar-refractivity contribution < 1.29 is 14.6 Å². The van der Waals surface area contributed by atoms with Crippen molar-refractivity contribution in [1.29, 1.82) is 0 Å². The van der Waals surface area contributed by atoms with Crippen molar-refractivity contribution in [1.82, 2.24) is 0 Å². The van der Waals surface area contributed by atoms with E-state index in [-0.39, 0.29) is 6.61 Å². The number of aliphatic hydroxyl groups is 1. The van der Waals surface area contributed by atoms with Crippen LogP contribution in [0.1, 0.15) is 34.6 Å². The van der Waals surface area contributed by atoms with E-state index < -0.39 is 17.0 Å². The first-order valence-electron chi connectivity index (χ1n) is 4.24. The molecule has 1 heterocycles. The smallest absolute Gasteiger partial charge is 0.164 e. The number of ether oxygens (including phenoxy) is 2. The Balaban J connectivity index is 2.92. The standard InChI is InChI=1S/C9H18O3/c1-7(2)9(5,6-10)12-8(3,4)11-7/h10H,6H2,1-5H3. The first kappa shape index (κ1) is 9.96. The molecule has 12 heavy (non-hydrogen) atoms. The van der Waals surface area contributed by atoms with Crippen LogP contribution < -0.4 is 0 Å². The van der Waals surface area contributed by atoms with E-state index in [0.29, 0.717) is 0 Å². The zero-order chi connectivity index (χ0) is 9.62. The molecule has 1 fully saturated rings. The van der Waals surface area contributed by atoms with E-state index >= 15 is 0 Å². The van der Waals surface area contributed by atoms with Gasteiger partial charge in [0.05, 0.1) is 12.2 Å². The Bertz CT molecular complexity index is 186. The van der Waals surface area contributed by atoms with Gasteiger partial charge in [0, 0.05) is 0 Å². The van der Waals surface area contributed by atoms with Gasteiger partial charge in [-0.2, -0.15) is 0 Å². The monoisotopic (exact) mass is 174 g/mol. The highest BCUT2D eigenvalue weighted by Crippen LogP contribution is 2.43. The van der Waals surface area contributed by atoms with Gasteiger partial charge in [0.15, 0.2) is 5.79 Å². The van der Waals surface area contributed by atoms with E-state index in [1.165, 1.54) is 0 Å². The molecular formula is C9H18O3. The van der Waals surface area contributed by atoms with Gasteiger partial charge < -0.3 is 14.6 Å². The molecule has 0 bridgehead atoms. The van der Waals surface area contributed by atoms with E-state index in [9.17, 15) is 5.11 Å². The maximum Gasteiger partial charge on any atom is 0.164 e. The summed E-state index contributed by atoms with van der Waals surface area (Å²) in [6.45, 7) is 9.41. The van der Waals surface area contributed by atoms with Gasteiger partial charge in [0.2, 0.25) is 0 Å². The molecule has 1 unspecified atom stereocenters. The molecule has 0 spiro atoms. The predicted molar refractivity (Wildman–Crippen MR) is 45.8 cm³/mol. The Morgan fingerprint density at radius 1 is 1.00 bits per heavy atom. The lowest BCUT2D eigenvalue weighted by atomic mass is 9.89. The fourth-order valence-electron chi connectivity index (χ4n) is 1.63. The highest BCUT2D eigenvalue weighted by molar-refractivity contribution is 4.99. The van der Waals surface area contributed by atoms with Crippen molar-refractivity contribution in [2.24, 2.45) is 0 Å². The molecule has 3 nitrogen and oxygen atoms in total. The number of rotatable bonds is 1. The Labute approximate surface area is 73.7 Å². The minimum atomic E-state index is -0.601. The number of hydrogen-bond donors (Lipinski definition) is 1. The summed E-state index contributed by atoms with van der Waals surface area (Å²) in [5.74, 6) is -0.596. The van der Waals surface area contributed by atoms with E-state index in [2.05, 4.69) is 0 Å². The van der Waals surface area contributed by atoms with Crippen LogP contribution in [-0.2, 0) is 9.47 Å². The summed E-state index contributed by atoms with van der Waals surface area (Å²) in [7, 11) is 0. The van der Waals surface area contributed by atoms with Gasteiger partial charge in [0.1, 0.15) is 5.60 Å². The molecule has 0 radical (unpaired) electrons. The molecule has 0 saturated carbocycles. The highest BCUT2D eigenvalue weighted by atomic mass is 16.8. The Hall–Kier alpha value is -0.120. The van der Waals surface area contributed by atoms with E-state index in [1.54, 1.807) is 0 Å². The van der Waals surface area contributed by atoms with Gasteiger partial charge in [0.25, 0.3) is 0 Å². The molecule has 0 aromatic heterocycles. The van der Waals surface area contributed by atoms with Crippen LogP contribution in [0.2, 0.25) is 0 Å². The summed E-state index contributed by atoms with van der Waals surface area (Å²) in [5, 5.41) is 9.19. The third kappa shape index (κ3) is 1.37. The predicted octanol–water partition coefficient (Wildman–Crippen LogP) is 1.30. The summed E-state index contributed by atoms with van der Waals surface area (Å²) in [6, 6.07) is 0. The molecule has 1 atom stereocenters. The molecular weight excluding hydrogens is 156 g/mol. The van der Waals surface area contributed by atoms with Crippen molar-refractivity contribution in [3.8, 4) is 0 Å². The molecule has 0 amide bonds. The Kier molecular flexibility index (Phi) is 2.02. The third-order valence-electron chi connectivity index (χ3n) is 2.55. The van der Waals surface area contributed by atoms with Crippen LogP contribution in [0.5, 0.6) is 0 Å². The summed E-state index contributed by atoms with van der Waals surface area (Å²) >= 11 is 0. The van der Waals surface area contributed by atoms with Gasteiger partial charge in [-0.15, -0.1) is 0 Å². The normalized spacial score (nSPS) is 38.5. The van der Waals surface area contributed by atoms with Gasteiger partial charge in [-0.05, 0) is 34.6 Å². The molecule has 0 aromatic carbocycles. The van der Waals surface area contributed by atoms with Crippen molar-refractivity contribution >= 4 is 0 Å². The van der Waals surface area contributed by atoms with Crippen LogP contribution in [0.4, 0.5) is 0 Å². The fraction of sp³-hybridized carbons (Fsp3) is 1.00. The molecule has 1 rings (SSSR count). The van der Waals surface area contributed by atoms with Crippen molar-refractivity contribution in [3.63, 3.8) is 0 Å². The van der Waals surface area contributed by atoms with Crippen LogP contribution in [0.25, 0.3) is 0 Å². The molecule has 1 N–H and O–H groups in total. The molecule has 72 valence electrons. The van der Waals surface area contributed by atoms with Crippen LogP contribution in [0, 0.1) is 0 Å². The van der Waals surface area contributed by atoms with E-state index in [0.717, 1.165) is 0 Å². The maximum atomic E-state index is 9.19. The first-order chi connectivity index (χ1) is 5.22. The minimum Gasteiger partial charge on any atom is -0.393 e. The van der Waals surface area contributed by atoms with Crippen molar-refractivity contribution in [2.45, 2.75) is 51.6 Å². The van der Waals surface area contributed by atoms with E-state index in [1.807, 2.05) is 34.6 Å². The summed E-state index contributed by atoms with van der Waals surface area (Å²) < 4.78 is 11.3. The van der Waals surface area contributed by atoms with Gasteiger partial charge in [-0.1, -0.05) is 0 Å². The molecule has 1 saturated heterocycles. The van der Waals surface area contributed by atoms with E-state index in [4.69, 9.17) is 9.47 Å². The quantitative estimate of drug-likeness (QED) is 0.651. The van der Waals surface area contributed by atoms with Crippen molar-refractivity contribution in [3.05, 3.63) is 0 Å². The SMILES string of the molecule is CC1(C)OC(C)(C)C(C)(CO)O1. The molecule has 3 heteroatoms. The average molecular weight is 174 g/mol. The van der Waals surface area contributed by atoms with Gasteiger partial charge >= 0.3 is 0 Å². The number of aliphatic hydroxyl groups excluding tert-OH is 1. The van der Waals surface area contributed by atoms with Crippen LogP contribution in [0.3, 0.4) is 0 Å². The first-order valence-corrected chi connectivity index (χ1v) is 4.24. The summed E-state index contributed by atoms with van der Waals surface area (Å²) in [6.07, 6.45) is 0. The number of hydrogen-bond acceptors (Lipinski definition) is 3. The lowest BCUT2D eigenvalue weighted by molar-refractivity contribution is -0.169. The average Bonchev–Trinajstić information content (AvgIpc) is 1.98. The second-order valence-electron chi connectivity index (χ2n) is 4.50. The highest BCUT2D eigenvalue weighted by Gasteiger charge is 2.55. The topological polar surface area (TPSA) is 38.7 Å². The molecule has 1 aliphatic rings. The van der Waals surface area contributed by atoms with Crippen LogP contribution >= 0.6 is 0 Å². The fourth-order valence-corrected chi connectivity index (χ4v) is 1.63. The van der Waals surface area contributed by atoms with Crippen molar-refractivity contribution in [2.75, 3.05) is 6.61 Å². The molecule has 0 aliphatic carbocycles. The Morgan fingerprint density at radius 3 is 1.67 bits per heavy atom. The second kappa shape index (κ2) is 2.44. The maximum absolute atomic E-state index is 9.19. The van der Waals surface area contributed by atoms with Gasteiger partial charge in [-0.3, -0.25) is 0 Å². The third-order valence-corrected chi connectivity index (χ3v) is 2.55. The zero-order valence-electron chi connectivity index (χ0n) is 8.47. The lowest BCUT2D eigenvalue weighted by Crippen LogP contribution is -2.47. The lowest BCUT2D eigenvalue weighted by Gasteiger charge is -2.32. The van der Waals surface area contributed by atoms with Gasteiger partial charge in [-0.25, -0.2) is 0 Å². The summed E-state index contributed by atoms with van der Waals surface area (Å²) in [5.41, 5.74) is -1.04. The second-order valence-corrected chi connectivity index (χ2v) is 4.50. The van der Waals surface area contributed by atoms with Crippen LogP contribution in [0.15, 0.2) is 0 Å².